The molecule has 0 unspecified atom stereocenters. The number of para-hydroxylation sites is 2. The Hall–Kier alpha value is -3.12. The predicted molar refractivity (Wildman–Crippen MR) is 102 cm³/mol. The number of nitro benzene ring substituents is 1. The third-order valence-corrected chi connectivity index (χ3v) is 5.26. The molecule has 0 saturated heterocycles. The molecule has 0 aliphatic heterocycles. The molecule has 1 heterocycles. The van der Waals surface area contributed by atoms with Crippen molar-refractivity contribution in [3.63, 3.8) is 0 Å². The standard InChI is InChI=1S/C17H17F2N5O4S/c1-10(16-22-13-4-2-3-5-14(13)23(16)17(18)19)9-21-12-7-6-11(29(20,27)28)8-15(12)24(25)26/h2-8,10,17,21H,9H2,1H3,(H2,20,27,28)/t10-/m1/s1. The maximum absolute atomic E-state index is 13.6. The zero-order valence-electron chi connectivity index (χ0n) is 15.1. The predicted octanol–water partition coefficient (Wildman–Crippen LogP) is 3.20. The average Bonchev–Trinajstić information content (AvgIpc) is 3.05. The van der Waals surface area contributed by atoms with Gasteiger partial charge in [0.05, 0.1) is 20.9 Å². The number of nitro groups is 1. The van der Waals surface area contributed by atoms with Crippen molar-refractivity contribution in [2.45, 2.75) is 24.3 Å². The number of fused-ring (bicyclic) bond motifs is 1. The molecule has 154 valence electrons. The number of rotatable bonds is 7. The minimum atomic E-state index is -4.11. The third kappa shape index (κ3) is 4.17. The Bertz CT molecular complexity index is 1180. The molecule has 2 aromatic carbocycles. The number of hydrogen-bond donors (Lipinski definition) is 2. The Morgan fingerprint density at radius 3 is 2.59 bits per heavy atom. The normalized spacial score (nSPS) is 13.0. The fraction of sp³-hybridized carbons (Fsp3) is 0.235. The Morgan fingerprint density at radius 2 is 1.97 bits per heavy atom. The van der Waals surface area contributed by atoms with Crippen LogP contribution in [0, 0.1) is 10.1 Å². The van der Waals surface area contributed by atoms with E-state index >= 15 is 0 Å². The lowest BCUT2D eigenvalue weighted by atomic mass is 10.1. The Balaban J connectivity index is 1.90. The highest BCUT2D eigenvalue weighted by Crippen LogP contribution is 2.30. The van der Waals surface area contributed by atoms with E-state index in [4.69, 9.17) is 5.14 Å². The molecule has 12 heteroatoms. The molecule has 0 saturated carbocycles. The number of aromatic nitrogens is 2. The summed E-state index contributed by atoms with van der Waals surface area (Å²) in [5.74, 6) is -0.411. The SMILES string of the molecule is C[C@H](CNc1ccc(S(N)(=O)=O)cc1[N+](=O)[O-])c1nc2ccccc2n1C(F)F. The molecule has 3 rings (SSSR count). The summed E-state index contributed by atoms with van der Waals surface area (Å²) in [5, 5.41) is 19.1. The van der Waals surface area contributed by atoms with E-state index in [1.807, 2.05) is 0 Å². The number of hydrogen-bond acceptors (Lipinski definition) is 6. The second kappa shape index (κ2) is 7.72. The summed E-state index contributed by atoms with van der Waals surface area (Å²) in [6.45, 7) is -1.10. The number of primary sulfonamides is 1. The Labute approximate surface area is 164 Å². The van der Waals surface area contributed by atoms with E-state index in [1.54, 1.807) is 25.1 Å². The van der Waals surface area contributed by atoms with Gasteiger partial charge in [0.1, 0.15) is 11.5 Å². The molecular weight excluding hydrogens is 408 g/mol. The number of nitrogens with zero attached hydrogens (tertiary/aromatic N) is 3. The van der Waals surface area contributed by atoms with Gasteiger partial charge in [0.15, 0.2) is 0 Å². The van der Waals surface area contributed by atoms with Crippen LogP contribution < -0.4 is 10.5 Å². The van der Waals surface area contributed by atoms with E-state index in [1.165, 1.54) is 12.1 Å². The van der Waals surface area contributed by atoms with E-state index in [-0.39, 0.29) is 23.6 Å². The number of sulfonamides is 1. The molecule has 9 nitrogen and oxygen atoms in total. The van der Waals surface area contributed by atoms with Gasteiger partial charge in [0.2, 0.25) is 10.0 Å². The summed E-state index contributed by atoms with van der Waals surface area (Å²) >= 11 is 0. The third-order valence-electron chi connectivity index (χ3n) is 4.35. The summed E-state index contributed by atoms with van der Waals surface area (Å²) in [7, 11) is -4.11. The van der Waals surface area contributed by atoms with E-state index in [0.29, 0.717) is 5.52 Å². The minimum Gasteiger partial charge on any atom is -0.379 e. The molecular formula is C17H17F2N5O4S. The first kappa shape index (κ1) is 20.6. The van der Waals surface area contributed by atoms with Crippen LogP contribution in [0.1, 0.15) is 25.2 Å². The largest absolute Gasteiger partial charge is 0.379 e. The van der Waals surface area contributed by atoms with Crippen LogP contribution in [0.5, 0.6) is 0 Å². The highest BCUT2D eigenvalue weighted by Gasteiger charge is 2.23. The second-order valence-electron chi connectivity index (χ2n) is 6.37. The number of nitrogens with one attached hydrogen (secondary N) is 1. The molecule has 0 aliphatic carbocycles. The molecule has 3 N–H and O–H groups in total. The molecule has 3 aromatic rings. The van der Waals surface area contributed by atoms with E-state index in [0.717, 1.165) is 16.7 Å². The molecule has 29 heavy (non-hydrogen) atoms. The highest BCUT2D eigenvalue weighted by molar-refractivity contribution is 7.89. The van der Waals surface area contributed by atoms with Gasteiger partial charge in [-0.1, -0.05) is 19.1 Å². The summed E-state index contributed by atoms with van der Waals surface area (Å²) in [6, 6.07) is 9.66. The van der Waals surface area contributed by atoms with Crippen LogP contribution >= 0.6 is 0 Å². The van der Waals surface area contributed by atoms with Crippen molar-refractivity contribution in [1.82, 2.24) is 9.55 Å². The first-order valence-electron chi connectivity index (χ1n) is 8.39. The molecule has 0 amide bonds. The van der Waals surface area contributed by atoms with Crippen LogP contribution in [0.4, 0.5) is 20.2 Å². The zero-order chi connectivity index (χ0) is 21.3. The van der Waals surface area contributed by atoms with E-state index in [2.05, 4.69) is 10.3 Å². The number of anilines is 1. The van der Waals surface area contributed by atoms with Gasteiger partial charge in [-0.15, -0.1) is 0 Å². The van der Waals surface area contributed by atoms with Gasteiger partial charge in [-0.3, -0.25) is 14.7 Å². The van der Waals surface area contributed by atoms with Crippen molar-refractivity contribution in [2.24, 2.45) is 5.14 Å². The Morgan fingerprint density at radius 1 is 1.28 bits per heavy atom. The van der Waals surface area contributed by atoms with Gasteiger partial charge in [-0.2, -0.15) is 8.78 Å². The lowest BCUT2D eigenvalue weighted by Gasteiger charge is -2.16. The molecule has 0 radical (unpaired) electrons. The lowest BCUT2D eigenvalue weighted by molar-refractivity contribution is -0.384. The van der Waals surface area contributed by atoms with Gasteiger partial charge < -0.3 is 5.32 Å². The number of imidazole rings is 1. The second-order valence-corrected chi connectivity index (χ2v) is 7.93. The topological polar surface area (TPSA) is 133 Å². The summed E-state index contributed by atoms with van der Waals surface area (Å²) in [5.41, 5.74) is 0.242. The van der Waals surface area contributed by atoms with Crippen molar-refractivity contribution in [1.29, 1.82) is 0 Å². The van der Waals surface area contributed by atoms with Crippen molar-refractivity contribution in [3.8, 4) is 0 Å². The maximum Gasteiger partial charge on any atom is 0.320 e. The number of alkyl halides is 2. The monoisotopic (exact) mass is 425 g/mol. The van der Waals surface area contributed by atoms with Gasteiger partial charge in [0, 0.05) is 18.5 Å². The van der Waals surface area contributed by atoms with E-state index in [9.17, 15) is 27.3 Å². The molecule has 0 fully saturated rings. The molecule has 0 aliphatic rings. The molecule has 1 atom stereocenters. The lowest BCUT2D eigenvalue weighted by Crippen LogP contribution is -2.17. The smallest absolute Gasteiger partial charge is 0.320 e. The quantitative estimate of drug-likeness (QED) is 0.441. The highest BCUT2D eigenvalue weighted by atomic mass is 32.2. The van der Waals surface area contributed by atoms with Crippen LogP contribution in [-0.4, -0.2) is 29.4 Å². The van der Waals surface area contributed by atoms with Crippen LogP contribution in [-0.2, 0) is 10.0 Å². The summed E-state index contributed by atoms with van der Waals surface area (Å²) in [4.78, 5) is 14.4. The van der Waals surface area contributed by atoms with Gasteiger partial charge in [-0.05, 0) is 24.3 Å². The first-order chi connectivity index (χ1) is 13.6. The average molecular weight is 425 g/mol. The summed E-state index contributed by atoms with van der Waals surface area (Å²) in [6.07, 6.45) is 0. The van der Waals surface area contributed by atoms with Crippen molar-refractivity contribution < 1.29 is 22.1 Å². The fourth-order valence-electron chi connectivity index (χ4n) is 2.96. The fourth-order valence-corrected chi connectivity index (χ4v) is 3.49. The van der Waals surface area contributed by atoms with Gasteiger partial charge in [-0.25, -0.2) is 18.5 Å². The molecule has 0 bridgehead atoms. The molecule has 1 aromatic heterocycles. The van der Waals surface area contributed by atoms with Crippen LogP contribution in [0.3, 0.4) is 0 Å². The number of halogens is 2. The van der Waals surface area contributed by atoms with Crippen molar-refractivity contribution >= 4 is 32.4 Å². The summed E-state index contributed by atoms with van der Waals surface area (Å²) < 4.78 is 50.8. The van der Waals surface area contributed by atoms with Gasteiger partial charge in [0.25, 0.3) is 5.69 Å². The van der Waals surface area contributed by atoms with Crippen molar-refractivity contribution in [3.05, 3.63) is 58.4 Å². The van der Waals surface area contributed by atoms with Crippen LogP contribution in [0.2, 0.25) is 0 Å². The number of nitrogens with two attached hydrogens (primary N) is 1. The first-order valence-corrected chi connectivity index (χ1v) is 9.94. The van der Waals surface area contributed by atoms with Crippen LogP contribution in [0.25, 0.3) is 11.0 Å². The maximum atomic E-state index is 13.6. The zero-order valence-corrected chi connectivity index (χ0v) is 15.9. The number of benzene rings is 2. The molecule has 0 spiro atoms. The minimum absolute atomic E-state index is 0.0361. The van der Waals surface area contributed by atoms with Crippen LogP contribution in [0.15, 0.2) is 47.4 Å². The van der Waals surface area contributed by atoms with E-state index < -0.39 is 38.0 Å². The Kier molecular flexibility index (Phi) is 5.48. The van der Waals surface area contributed by atoms with Gasteiger partial charge >= 0.3 is 6.55 Å². The van der Waals surface area contributed by atoms with Crippen molar-refractivity contribution in [2.75, 3.05) is 11.9 Å².